The van der Waals surface area contributed by atoms with Gasteiger partial charge in [0.1, 0.15) is 11.8 Å². The highest BCUT2D eigenvalue weighted by Gasteiger charge is 2.32. The van der Waals surface area contributed by atoms with Gasteiger partial charge in [0.25, 0.3) is 5.91 Å². The Kier molecular flexibility index (Phi) is 10.7. The number of amides is 3. The lowest BCUT2D eigenvalue weighted by molar-refractivity contribution is -0.274. The summed E-state index contributed by atoms with van der Waals surface area (Å²) in [5.74, 6) is -2.52. The molecular weight excluding hydrogens is 592 g/mol. The van der Waals surface area contributed by atoms with Crippen LogP contribution in [0, 0.1) is 0 Å². The Labute approximate surface area is 239 Å². The van der Waals surface area contributed by atoms with Gasteiger partial charge < -0.3 is 15.2 Å². The van der Waals surface area contributed by atoms with Gasteiger partial charge in [-0.1, -0.05) is 42.5 Å². The smallest absolute Gasteiger partial charge is 0.480 e. The van der Waals surface area contributed by atoms with E-state index in [0.717, 1.165) is 29.8 Å². The number of benzene rings is 3. The van der Waals surface area contributed by atoms with Crippen LogP contribution in [0.3, 0.4) is 0 Å². The van der Waals surface area contributed by atoms with Crippen LogP contribution in [0.4, 0.5) is 31.1 Å². The average molecular weight is 616 g/mol. The highest BCUT2D eigenvalue weighted by atomic mass is 32.2. The van der Waals surface area contributed by atoms with Gasteiger partial charge in [-0.2, -0.15) is 24.9 Å². The fourth-order valence-corrected chi connectivity index (χ4v) is 4.42. The SMILES string of the molecule is O=C(NN(Cc1ccc(OC(F)(F)F)cc1)C(=O)NC(CSCc1ccccc1)C(=O)O)c1ccc(C(F)(F)F)cc1. The molecule has 3 aromatic rings. The molecule has 3 N–H and O–H groups in total. The van der Waals surface area contributed by atoms with E-state index in [2.05, 4.69) is 15.5 Å². The van der Waals surface area contributed by atoms with E-state index in [9.17, 15) is 45.8 Å². The number of aliphatic carboxylic acids is 1. The number of alkyl halides is 6. The molecule has 0 saturated heterocycles. The van der Waals surface area contributed by atoms with E-state index in [4.69, 9.17) is 0 Å². The van der Waals surface area contributed by atoms with Crippen molar-refractivity contribution in [3.8, 4) is 5.75 Å². The van der Waals surface area contributed by atoms with Crippen molar-refractivity contribution in [1.29, 1.82) is 0 Å². The first-order valence-electron chi connectivity index (χ1n) is 12.0. The average Bonchev–Trinajstić information content (AvgIpc) is 2.92. The molecule has 42 heavy (non-hydrogen) atoms. The van der Waals surface area contributed by atoms with Gasteiger partial charge in [0.05, 0.1) is 12.1 Å². The summed E-state index contributed by atoms with van der Waals surface area (Å²) in [5.41, 5.74) is 2.08. The molecular formula is C27H23F6N3O5S. The van der Waals surface area contributed by atoms with Crippen molar-refractivity contribution < 1.29 is 50.6 Å². The number of hydrogen-bond acceptors (Lipinski definition) is 5. The Morgan fingerprint density at radius 3 is 2.02 bits per heavy atom. The Bertz CT molecular complexity index is 1350. The molecule has 3 amide bonds. The predicted octanol–water partition coefficient (Wildman–Crippen LogP) is 5.85. The van der Waals surface area contributed by atoms with Crippen LogP contribution in [-0.2, 0) is 23.3 Å². The molecule has 0 aliphatic rings. The van der Waals surface area contributed by atoms with Crippen molar-refractivity contribution in [1.82, 2.24) is 15.8 Å². The number of carboxylic acid groups (broad SMARTS) is 1. The first-order chi connectivity index (χ1) is 19.7. The maximum absolute atomic E-state index is 13.1. The second-order valence-corrected chi connectivity index (χ2v) is 9.67. The molecule has 0 saturated carbocycles. The van der Waals surface area contributed by atoms with Gasteiger partial charge in [0.2, 0.25) is 0 Å². The highest BCUT2D eigenvalue weighted by Crippen LogP contribution is 2.29. The lowest BCUT2D eigenvalue weighted by Crippen LogP contribution is -2.54. The Balaban J connectivity index is 1.76. The number of thioether (sulfide) groups is 1. The number of halogens is 6. The van der Waals surface area contributed by atoms with Crippen molar-refractivity contribution in [3.05, 3.63) is 101 Å². The van der Waals surface area contributed by atoms with Gasteiger partial charge >= 0.3 is 24.5 Å². The number of carbonyl (C=O) groups is 3. The zero-order valence-corrected chi connectivity index (χ0v) is 22.2. The van der Waals surface area contributed by atoms with Crippen LogP contribution >= 0.6 is 11.8 Å². The summed E-state index contributed by atoms with van der Waals surface area (Å²) in [4.78, 5) is 37.7. The molecule has 8 nitrogen and oxygen atoms in total. The Morgan fingerprint density at radius 2 is 1.48 bits per heavy atom. The molecule has 0 aliphatic carbocycles. The molecule has 15 heteroatoms. The number of carbonyl (C=O) groups excluding carboxylic acids is 2. The lowest BCUT2D eigenvalue weighted by Gasteiger charge is -2.26. The molecule has 3 aromatic carbocycles. The summed E-state index contributed by atoms with van der Waals surface area (Å²) in [6, 6.07) is 14.0. The summed E-state index contributed by atoms with van der Waals surface area (Å²) in [5, 5.41) is 12.6. The third-order valence-corrected chi connectivity index (χ3v) is 6.55. The first-order valence-corrected chi connectivity index (χ1v) is 13.1. The van der Waals surface area contributed by atoms with Crippen molar-refractivity contribution in [3.63, 3.8) is 0 Å². The second-order valence-electron chi connectivity index (χ2n) is 8.63. The molecule has 0 heterocycles. The molecule has 224 valence electrons. The van der Waals surface area contributed by atoms with E-state index in [-0.39, 0.29) is 16.9 Å². The molecule has 0 radical (unpaired) electrons. The highest BCUT2D eigenvalue weighted by molar-refractivity contribution is 7.98. The maximum atomic E-state index is 13.1. The number of nitrogens with one attached hydrogen (secondary N) is 2. The number of rotatable bonds is 10. The van der Waals surface area contributed by atoms with E-state index >= 15 is 0 Å². The first kappa shape index (κ1) is 32.1. The fraction of sp³-hybridized carbons (Fsp3) is 0.222. The topological polar surface area (TPSA) is 108 Å². The van der Waals surface area contributed by atoms with E-state index in [1.165, 1.54) is 23.9 Å². The van der Waals surface area contributed by atoms with Gasteiger partial charge in [-0.05, 0) is 47.5 Å². The zero-order chi connectivity index (χ0) is 30.9. The molecule has 0 fully saturated rings. The molecule has 0 bridgehead atoms. The number of urea groups is 1. The van der Waals surface area contributed by atoms with Crippen molar-refractivity contribution in [2.24, 2.45) is 0 Å². The summed E-state index contributed by atoms with van der Waals surface area (Å²) in [6.45, 7) is -0.450. The van der Waals surface area contributed by atoms with Gasteiger partial charge in [-0.25, -0.2) is 14.6 Å². The largest absolute Gasteiger partial charge is 0.573 e. The van der Waals surface area contributed by atoms with Crippen LogP contribution in [-0.4, -0.2) is 46.2 Å². The van der Waals surface area contributed by atoms with Gasteiger partial charge in [0, 0.05) is 17.1 Å². The molecule has 1 atom stereocenters. The van der Waals surface area contributed by atoms with Crippen LogP contribution in [0.5, 0.6) is 5.75 Å². The van der Waals surface area contributed by atoms with Crippen LogP contribution < -0.4 is 15.5 Å². The second kappa shape index (κ2) is 14.0. The minimum absolute atomic E-state index is 0.0554. The predicted molar refractivity (Wildman–Crippen MR) is 140 cm³/mol. The standard InChI is InChI=1S/C27H23F6N3O5S/c28-26(29,30)20-10-8-19(9-11-20)23(37)35-36(14-17-6-12-21(13-7-17)41-27(31,32)33)25(40)34-22(24(38)39)16-42-15-18-4-2-1-3-5-18/h1-13,22H,14-16H2,(H,34,40)(H,35,37)(H,38,39). The van der Waals surface area contributed by atoms with Crippen molar-refractivity contribution in [2.75, 3.05) is 5.75 Å². The molecule has 3 rings (SSSR count). The monoisotopic (exact) mass is 615 g/mol. The number of carboxylic acids is 1. The molecule has 0 aliphatic heterocycles. The van der Waals surface area contributed by atoms with Crippen LogP contribution in [0.15, 0.2) is 78.9 Å². The number of hydrogen-bond donors (Lipinski definition) is 3. The van der Waals surface area contributed by atoms with E-state index < -0.39 is 54.3 Å². The third-order valence-electron chi connectivity index (χ3n) is 5.45. The molecule has 1 unspecified atom stereocenters. The van der Waals surface area contributed by atoms with E-state index in [1.807, 2.05) is 30.3 Å². The van der Waals surface area contributed by atoms with E-state index in [1.54, 1.807) is 0 Å². The summed E-state index contributed by atoms with van der Waals surface area (Å²) in [7, 11) is 0. The Morgan fingerprint density at radius 1 is 0.857 bits per heavy atom. The molecule has 0 aromatic heterocycles. The number of nitrogens with zero attached hydrogens (tertiary/aromatic N) is 1. The minimum atomic E-state index is -4.94. The van der Waals surface area contributed by atoms with Crippen LogP contribution in [0.2, 0.25) is 0 Å². The summed E-state index contributed by atoms with van der Waals surface area (Å²) < 4.78 is 79.9. The minimum Gasteiger partial charge on any atom is -0.480 e. The molecule has 0 spiro atoms. The maximum Gasteiger partial charge on any atom is 0.573 e. The van der Waals surface area contributed by atoms with Gasteiger partial charge in [-0.3, -0.25) is 10.2 Å². The van der Waals surface area contributed by atoms with Gasteiger partial charge in [0.15, 0.2) is 0 Å². The quantitative estimate of drug-likeness (QED) is 0.195. The zero-order valence-electron chi connectivity index (χ0n) is 21.4. The van der Waals surface area contributed by atoms with Crippen LogP contribution in [0.1, 0.15) is 27.0 Å². The van der Waals surface area contributed by atoms with E-state index in [0.29, 0.717) is 22.9 Å². The summed E-state index contributed by atoms with van der Waals surface area (Å²) in [6.07, 6.45) is -9.58. The Hall–Kier alpha value is -4.40. The van der Waals surface area contributed by atoms with Crippen LogP contribution in [0.25, 0.3) is 0 Å². The summed E-state index contributed by atoms with van der Waals surface area (Å²) >= 11 is 1.22. The lowest BCUT2D eigenvalue weighted by atomic mass is 10.1. The normalized spacial score (nSPS) is 12.2. The van der Waals surface area contributed by atoms with Gasteiger partial charge in [-0.15, -0.1) is 13.2 Å². The number of ether oxygens (including phenoxy) is 1. The third kappa shape index (κ3) is 10.2. The van der Waals surface area contributed by atoms with Crippen molar-refractivity contribution in [2.45, 2.75) is 30.9 Å². The van der Waals surface area contributed by atoms with Crippen molar-refractivity contribution >= 4 is 29.7 Å². The number of hydrazine groups is 1. The fourth-order valence-electron chi connectivity index (χ4n) is 3.41.